The molecule has 0 amide bonds. The second kappa shape index (κ2) is 6.04. The zero-order valence-corrected chi connectivity index (χ0v) is 11.5. The Hall–Kier alpha value is -0.900. The lowest BCUT2D eigenvalue weighted by molar-refractivity contribution is 0.197. The van der Waals surface area contributed by atoms with E-state index in [0.717, 1.165) is 32.5 Å². The standard InChI is InChI=1S/C16H24N2O/c19-12-16(17-15-5-6-15)8-10-18-9-7-13-3-1-2-4-14(13)11-18/h1-4,15-17,19H,5-12H2. The number of rotatable bonds is 6. The van der Waals surface area contributed by atoms with Gasteiger partial charge in [-0.2, -0.15) is 0 Å². The van der Waals surface area contributed by atoms with E-state index in [9.17, 15) is 5.11 Å². The molecule has 0 spiro atoms. The predicted molar refractivity (Wildman–Crippen MR) is 77.1 cm³/mol. The van der Waals surface area contributed by atoms with Gasteiger partial charge in [-0.25, -0.2) is 0 Å². The largest absolute Gasteiger partial charge is 0.395 e. The van der Waals surface area contributed by atoms with Crippen LogP contribution >= 0.6 is 0 Å². The average molecular weight is 260 g/mol. The summed E-state index contributed by atoms with van der Waals surface area (Å²) in [5, 5.41) is 12.9. The monoisotopic (exact) mass is 260 g/mol. The second-order valence-electron chi connectivity index (χ2n) is 5.90. The highest BCUT2D eigenvalue weighted by Gasteiger charge is 2.24. The minimum atomic E-state index is 0.265. The number of benzene rings is 1. The van der Waals surface area contributed by atoms with Crippen LogP contribution in [0.15, 0.2) is 24.3 Å². The number of nitrogens with one attached hydrogen (secondary N) is 1. The fraction of sp³-hybridized carbons (Fsp3) is 0.625. The molecule has 1 aliphatic heterocycles. The van der Waals surface area contributed by atoms with Crippen LogP contribution in [0.2, 0.25) is 0 Å². The molecule has 19 heavy (non-hydrogen) atoms. The van der Waals surface area contributed by atoms with Crippen LogP contribution in [0.25, 0.3) is 0 Å². The minimum Gasteiger partial charge on any atom is -0.395 e. The van der Waals surface area contributed by atoms with Gasteiger partial charge >= 0.3 is 0 Å². The first kappa shape index (κ1) is 13.1. The van der Waals surface area contributed by atoms with Crippen LogP contribution in [-0.4, -0.2) is 41.8 Å². The molecule has 104 valence electrons. The summed E-state index contributed by atoms with van der Waals surface area (Å²) in [6, 6.07) is 9.72. The number of nitrogens with zero attached hydrogens (tertiary/aromatic N) is 1. The fourth-order valence-corrected chi connectivity index (χ4v) is 2.89. The van der Waals surface area contributed by atoms with Crippen molar-refractivity contribution in [2.24, 2.45) is 0 Å². The van der Waals surface area contributed by atoms with Gasteiger partial charge in [-0.1, -0.05) is 24.3 Å². The molecule has 1 aromatic carbocycles. The number of aliphatic hydroxyl groups is 1. The van der Waals surface area contributed by atoms with Gasteiger partial charge in [0.25, 0.3) is 0 Å². The summed E-state index contributed by atoms with van der Waals surface area (Å²) >= 11 is 0. The smallest absolute Gasteiger partial charge is 0.0585 e. The van der Waals surface area contributed by atoms with Gasteiger partial charge in [-0.15, -0.1) is 0 Å². The van der Waals surface area contributed by atoms with Crippen LogP contribution < -0.4 is 5.32 Å². The van der Waals surface area contributed by atoms with Gasteiger partial charge < -0.3 is 10.4 Å². The van der Waals surface area contributed by atoms with E-state index in [1.807, 2.05) is 0 Å². The van der Waals surface area contributed by atoms with E-state index >= 15 is 0 Å². The third kappa shape index (κ3) is 3.56. The van der Waals surface area contributed by atoms with Crippen LogP contribution in [0.3, 0.4) is 0 Å². The lowest BCUT2D eigenvalue weighted by atomic mass is 9.99. The molecule has 3 rings (SSSR count). The maximum Gasteiger partial charge on any atom is 0.0585 e. The topological polar surface area (TPSA) is 35.5 Å². The summed E-state index contributed by atoms with van der Waals surface area (Å²) in [6.45, 7) is 3.57. The molecule has 2 aliphatic rings. The second-order valence-corrected chi connectivity index (χ2v) is 5.90. The first-order chi connectivity index (χ1) is 9.35. The van der Waals surface area contributed by atoms with E-state index in [-0.39, 0.29) is 12.6 Å². The summed E-state index contributed by atoms with van der Waals surface area (Å²) in [5.74, 6) is 0. The molecule has 1 atom stereocenters. The molecule has 0 aromatic heterocycles. The van der Waals surface area contributed by atoms with Crippen LogP contribution in [0.5, 0.6) is 0 Å². The Morgan fingerprint density at radius 3 is 2.79 bits per heavy atom. The summed E-state index contributed by atoms with van der Waals surface area (Å²) < 4.78 is 0. The lowest BCUT2D eigenvalue weighted by Crippen LogP contribution is -2.39. The molecule has 1 aromatic rings. The molecule has 0 saturated heterocycles. The fourth-order valence-electron chi connectivity index (χ4n) is 2.89. The Morgan fingerprint density at radius 2 is 2.05 bits per heavy atom. The van der Waals surface area contributed by atoms with Crippen LogP contribution in [-0.2, 0) is 13.0 Å². The van der Waals surface area contributed by atoms with E-state index in [1.54, 1.807) is 0 Å². The normalized spacial score (nSPS) is 21.1. The van der Waals surface area contributed by atoms with Gasteiger partial charge in [0, 0.05) is 31.7 Å². The van der Waals surface area contributed by atoms with Crippen molar-refractivity contribution in [1.82, 2.24) is 10.2 Å². The molecule has 0 bridgehead atoms. The maximum atomic E-state index is 9.41. The summed E-state index contributed by atoms with van der Waals surface area (Å²) in [7, 11) is 0. The molecule has 0 radical (unpaired) electrons. The molecular formula is C16H24N2O. The quantitative estimate of drug-likeness (QED) is 0.814. The van der Waals surface area contributed by atoms with Crippen molar-refractivity contribution in [1.29, 1.82) is 0 Å². The van der Waals surface area contributed by atoms with Gasteiger partial charge in [-0.3, -0.25) is 4.90 Å². The Labute approximate surface area is 115 Å². The zero-order valence-electron chi connectivity index (χ0n) is 11.5. The number of fused-ring (bicyclic) bond motifs is 1. The van der Waals surface area contributed by atoms with Gasteiger partial charge in [0.05, 0.1) is 6.61 Å². The first-order valence-corrected chi connectivity index (χ1v) is 7.51. The summed E-state index contributed by atoms with van der Waals surface area (Å²) in [4.78, 5) is 2.51. The van der Waals surface area contributed by atoms with Crippen molar-refractivity contribution in [2.45, 2.75) is 44.3 Å². The zero-order chi connectivity index (χ0) is 13.1. The predicted octanol–water partition coefficient (Wildman–Crippen LogP) is 1.55. The minimum absolute atomic E-state index is 0.265. The van der Waals surface area contributed by atoms with Crippen molar-refractivity contribution in [3.8, 4) is 0 Å². The molecule has 2 N–H and O–H groups in total. The first-order valence-electron chi connectivity index (χ1n) is 7.51. The van der Waals surface area contributed by atoms with E-state index in [4.69, 9.17) is 0 Å². The molecule has 1 unspecified atom stereocenters. The Kier molecular flexibility index (Phi) is 4.16. The van der Waals surface area contributed by atoms with E-state index in [0.29, 0.717) is 6.04 Å². The summed E-state index contributed by atoms with van der Waals surface area (Å²) in [6.07, 6.45) is 4.78. The molecule has 1 aliphatic carbocycles. The Balaban J connectivity index is 1.48. The van der Waals surface area contributed by atoms with Gasteiger partial charge in [0.2, 0.25) is 0 Å². The van der Waals surface area contributed by atoms with Crippen molar-refractivity contribution < 1.29 is 5.11 Å². The van der Waals surface area contributed by atoms with Crippen molar-refractivity contribution in [3.05, 3.63) is 35.4 Å². The van der Waals surface area contributed by atoms with Gasteiger partial charge in [0.15, 0.2) is 0 Å². The molecular weight excluding hydrogens is 236 g/mol. The number of aliphatic hydroxyl groups excluding tert-OH is 1. The van der Waals surface area contributed by atoms with Gasteiger partial charge in [-0.05, 0) is 36.8 Å². The van der Waals surface area contributed by atoms with Gasteiger partial charge in [0.1, 0.15) is 0 Å². The SMILES string of the molecule is OCC(CCN1CCc2ccccc2C1)NC1CC1. The molecule has 1 heterocycles. The third-order valence-electron chi connectivity index (χ3n) is 4.27. The number of hydrogen-bond acceptors (Lipinski definition) is 3. The van der Waals surface area contributed by atoms with E-state index in [2.05, 4.69) is 34.5 Å². The molecule has 3 heteroatoms. The van der Waals surface area contributed by atoms with E-state index < -0.39 is 0 Å². The summed E-state index contributed by atoms with van der Waals surface area (Å²) in [5.41, 5.74) is 2.98. The van der Waals surface area contributed by atoms with Crippen LogP contribution in [0.4, 0.5) is 0 Å². The maximum absolute atomic E-state index is 9.41. The Bertz CT molecular complexity index is 417. The molecule has 3 nitrogen and oxygen atoms in total. The van der Waals surface area contributed by atoms with Crippen molar-refractivity contribution >= 4 is 0 Å². The highest BCUT2D eigenvalue weighted by atomic mass is 16.3. The number of hydrogen-bond donors (Lipinski definition) is 2. The highest BCUT2D eigenvalue weighted by molar-refractivity contribution is 5.28. The van der Waals surface area contributed by atoms with Crippen LogP contribution in [0.1, 0.15) is 30.4 Å². The van der Waals surface area contributed by atoms with E-state index in [1.165, 1.54) is 24.0 Å². The molecule has 1 saturated carbocycles. The molecule has 1 fully saturated rings. The van der Waals surface area contributed by atoms with Crippen molar-refractivity contribution in [2.75, 3.05) is 19.7 Å². The van der Waals surface area contributed by atoms with Crippen molar-refractivity contribution in [3.63, 3.8) is 0 Å². The lowest BCUT2D eigenvalue weighted by Gasteiger charge is -2.30. The average Bonchev–Trinajstić information content (AvgIpc) is 3.27. The third-order valence-corrected chi connectivity index (χ3v) is 4.27. The highest BCUT2D eigenvalue weighted by Crippen LogP contribution is 2.21. The Morgan fingerprint density at radius 1 is 1.26 bits per heavy atom. The van der Waals surface area contributed by atoms with Crippen LogP contribution in [0, 0.1) is 0 Å².